The Morgan fingerprint density at radius 3 is 2.59 bits per heavy atom. The number of carbonyl (C=O) groups excluding carboxylic acids is 1. The predicted octanol–water partition coefficient (Wildman–Crippen LogP) is 5.18. The number of rotatable bonds is 1. The fraction of sp³-hybridized carbons (Fsp3) is 0.630. The summed E-state index contributed by atoms with van der Waals surface area (Å²) in [7, 11) is 0. The van der Waals surface area contributed by atoms with E-state index in [2.05, 4.69) is 49.0 Å². The Morgan fingerprint density at radius 2 is 1.91 bits per heavy atom. The lowest BCUT2D eigenvalue weighted by Crippen LogP contribution is -2.54. The Labute approximate surface area is 202 Å². The first-order valence-electron chi connectivity index (χ1n) is 12.6. The molecule has 2 fully saturated rings. The largest absolute Gasteiger partial charge is 0.482 e. The van der Waals surface area contributed by atoms with Crippen molar-refractivity contribution < 1.29 is 14.3 Å². The van der Waals surface area contributed by atoms with E-state index in [4.69, 9.17) is 14.6 Å². The Bertz CT molecular complexity index is 1090. The van der Waals surface area contributed by atoms with Gasteiger partial charge in [-0.05, 0) is 79.6 Å². The first-order chi connectivity index (χ1) is 16.0. The average molecular weight is 467 g/mol. The fourth-order valence-corrected chi connectivity index (χ4v) is 6.04. The summed E-state index contributed by atoms with van der Waals surface area (Å²) in [6.07, 6.45) is 3.31. The number of aromatic nitrogens is 2. The van der Waals surface area contributed by atoms with E-state index in [0.29, 0.717) is 6.54 Å². The van der Waals surface area contributed by atoms with Gasteiger partial charge in [-0.15, -0.1) is 0 Å². The number of para-hydroxylation sites is 1. The minimum absolute atomic E-state index is 0.213. The van der Waals surface area contributed by atoms with Crippen molar-refractivity contribution >= 4 is 6.09 Å². The Morgan fingerprint density at radius 1 is 1.21 bits per heavy atom. The Balaban J connectivity index is 1.50. The minimum atomic E-state index is -0.502. The van der Waals surface area contributed by atoms with Crippen molar-refractivity contribution in [3.63, 3.8) is 0 Å². The van der Waals surface area contributed by atoms with Gasteiger partial charge in [-0.3, -0.25) is 4.68 Å². The third kappa shape index (κ3) is 3.88. The number of nitrogens with zero attached hydrogens (tertiary/aromatic N) is 3. The highest BCUT2D eigenvalue weighted by Gasteiger charge is 2.47. The Kier molecular flexibility index (Phi) is 5.47. The molecule has 1 spiro atoms. The number of ether oxygens (including phenoxy) is 2. The first kappa shape index (κ1) is 23.2. The maximum atomic E-state index is 12.9. The molecule has 184 valence electrons. The SMILES string of the molecule is Cc1c2c(nn1[C@@H]1CCN(C(=O)OC(C)(C)C)C(C)(C)C1)-c1ccccc1OC21CCNCC1. The molecule has 7 nitrogen and oxygen atoms in total. The molecule has 0 saturated carbocycles. The summed E-state index contributed by atoms with van der Waals surface area (Å²) in [6.45, 7) is 14.7. The predicted molar refractivity (Wildman–Crippen MR) is 132 cm³/mol. The average Bonchev–Trinajstić information content (AvgIpc) is 3.11. The maximum absolute atomic E-state index is 12.9. The number of hydrogen-bond donors (Lipinski definition) is 1. The van der Waals surface area contributed by atoms with Crippen LogP contribution in [0.15, 0.2) is 24.3 Å². The molecule has 1 amide bonds. The zero-order valence-electron chi connectivity index (χ0n) is 21.4. The molecular formula is C27H38N4O3. The van der Waals surface area contributed by atoms with Crippen LogP contribution < -0.4 is 10.1 Å². The van der Waals surface area contributed by atoms with Gasteiger partial charge in [0.25, 0.3) is 0 Å². The number of amides is 1. The molecule has 5 rings (SSSR count). The van der Waals surface area contributed by atoms with Gasteiger partial charge in [0.1, 0.15) is 22.6 Å². The number of carbonyl (C=O) groups is 1. The van der Waals surface area contributed by atoms with Crippen molar-refractivity contribution in [2.75, 3.05) is 19.6 Å². The van der Waals surface area contributed by atoms with Gasteiger partial charge < -0.3 is 19.7 Å². The lowest BCUT2D eigenvalue weighted by atomic mass is 9.80. The van der Waals surface area contributed by atoms with Crippen LogP contribution in [0, 0.1) is 6.92 Å². The quantitative estimate of drug-likeness (QED) is 0.627. The normalized spacial score (nSPS) is 23.1. The molecule has 1 N–H and O–H groups in total. The van der Waals surface area contributed by atoms with Crippen molar-refractivity contribution in [2.24, 2.45) is 0 Å². The van der Waals surface area contributed by atoms with E-state index in [0.717, 1.165) is 55.8 Å². The van der Waals surface area contributed by atoms with Crippen LogP contribution in [-0.2, 0) is 10.3 Å². The van der Waals surface area contributed by atoms with E-state index < -0.39 is 5.60 Å². The van der Waals surface area contributed by atoms with Gasteiger partial charge in [-0.25, -0.2) is 4.79 Å². The van der Waals surface area contributed by atoms with Crippen LogP contribution in [0.1, 0.15) is 77.6 Å². The molecule has 3 aliphatic rings. The highest BCUT2D eigenvalue weighted by molar-refractivity contribution is 5.74. The lowest BCUT2D eigenvalue weighted by molar-refractivity contribution is -0.0144. The van der Waals surface area contributed by atoms with Crippen molar-refractivity contribution in [2.45, 2.75) is 90.0 Å². The second-order valence-electron chi connectivity index (χ2n) is 11.7. The van der Waals surface area contributed by atoms with Gasteiger partial charge in [0.05, 0.1) is 6.04 Å². The van der Waals surface area contributed by atoms with E-state index >= 15 is 0 Å². The molecular weight excluding hydrogens is 428 g/mol. The molecule has 1 atom stereocenters. The van der Waals surface area contributed by atoms with Crippen LogP contribution in [0.4, 0.5) is 4.79 Å². The molecule has 0 radical (unpaired) electrons. The number of fused-ring (bicyclic) bond motifs is 4. The van der Waals surface area contributed by atoms with Crippen LogP contribution in [0.25, 0.3) is 11.3 Å². The van der Waals surface area contributed by atoms with Gasteiger partial charge >= 0.3 is 6.09 Å². The summed E-state index contributed by atoms with van der Waals surface area (Å²) in [5.74, 6) is 0.932. The highest BCUT2D eigenvalue weighted by atomic mass is 16.6. The standard InChI is InChI=1S/C27H38N4O3/c1-18-22-23(20-9-7-8-10-21(20)33-27(22)12-14-28-15-13-27)29-31(18)19-11-16-30(26(5,6)17-19)24(32)34-25(2,3)4/h7-10,19,28H,11-17H2,1-6H3/t19-/m1/s1. The monoisotopic (exact) mass is 466 g/mol. The van der Waals surface area contributed by atoms with Crippen LogP contribution in [0.5, 0.6) is 5.75 Å². The molecule has 2 saturated heterocycles. The molecule has 0 bridgehead atoms. The molecule has 2 aromatic rings. The first-order valence-corrected chi connectivity index (χ1v) is 12.6. The second kappa shape index (κ2) is 8.01. The molecule has 1 aromatic carbocycles. The minimum Gasteiger partial charge on any atom is -0.482 e. The number of hydrogen-bond acceptors (Lipinski definition) is 5. The Hall–Kier alpha value is -2.54. The van der Waals surface area contributed by atoms with Crippen molar-refractivity contribution in [1.82, 2.24) is 20.0 Å². The molecule has 7 heteroatoms. The second-order valence-corrected chi connectivity index (χ2v) is 11.7. The maximum Gasteiger partial charge on any atom is 0.410 e. The van der Waals surface area contributed by atoms with Gasteiger partial charge in [-0.2, -0.15) is 5.10 Å². The summed E-state index contributed by atoms with van der Waals surface area (Å²) in [5.41, 5.74) is 3.42. The van der Waals surface area contributed by atoms with E-state index in [1.165, 1.54) is 11.3 Å². The van der Waals surface area contributed by atoms with Gasteiger partial charge in [0.15, 0.2) is 0 Å². The van der Waals surface area contributed by atoms with Crippen LogP contribution in [0.2, 0.25) is 0 Å². The summed E-state index contributed by atoms with van der Waals surface area (Å²) in [5, 5.41) is 8.73. The smallest absolute Gasteiger partial charge is 0.410 e. The van der Waals surface area contributed by atoms with Crippen LogP contribution in [-0.4, -0.2) is 51.5 Å². The zero-order chi connectivity index (χ0) is 24.3. The fourth-order valence-electron chi connectivity index (χ4n) is 6.04. The lowest BCUT2D eigenvalue weighted by Gasteiger charge is -2.45. The van der Waals surface area contributed by atoms with Crippen LogP contribution >= 0.6 is 0 Å². The van der Waals surface area contributed by atoms with E-state index in [9.17, 15) is 4.79 Å². The molecule has 34 heavy (non-hydrogen) atoms. The van der Waals surface area contributed by atoms with E-state index in [-0.39, 0.29) is 23.3 Å². The number of benzene rings is 1. The van der Waals surface area contributed by atoms with Crippen molar-refractivity contribution in [3.8, 4) is 17.0 Å². The number of piperidine rings is 2. The zero-order valence-corrected chi connectivity index (χ0v) is 21.4. The van der Waals surface area contributed by atoms with Crippen molar-refractivity contribution in [3.05, 3.63) is 35.5 Å². The van der Waals surface area contributed by atoms with E-state index in [1.807, 2.05) is 31.7 Å². The third-order valence-electron chi connectivity index (χ3n) is 7.58. The topological polar surface area (TPSA) is 68.6 Å². The van der Waals surface area contributed by atoms with E-state index in [1.54, 1.807) is 0 Å². The molecule has 0 unspecified atom stereocenters. The summed E-state index contributed by atoms with van der Waals surface area (Å²) >= 11 is 0. The van der Waals surface area contributed by atoms with Crippen molar-refractivity contribution in [1.29, 1.82) is 0 Å². The molecule has 0 aliphatic carbocycles. The highest BCUT2D eigenvalue weighted by Crippen LogP contribution is 2.50. The van der Waals surface area contributed by atoms with Gasteiger partial charge in [0, 0.05) is 41.7 Å². The molecule has 1 aromatic heterocycles. The van der Waals surface area contributed by atoms with Gasteiger partial charge in [-0.1, -0.05) is 12.1 Å². The summed E-state index contributed by atoms with van der Waals surface area (Å²) in [6, 6.07) is 8.50. The number of nitrogens with one attached hydrogen (secondary N) is 1. The third-order valence-corrected chi connectivity index (χ3v) is 7.58. The summed E-state index contributed by atoms with van der Waals surface area (Å²) < 4.78 is 14.7. The number of likely N-dealkylation sites (tertiary alicyclic amines) is 1. The summed E-state index contributed by atoms with van der Waals surface area (Å²) in [4.78, 5) is 14.8. The van der Waals surface area contributed by atoms with Crippen LogP contribution in [0.3, 0.4) is 0 Å². The molecule has 3 aliphatic heterocycles. The molecule has 4 heterocycles. The van der Waals surface area contributed by atoms with Gasteiger partial charge in [0.2, 0.25) is 0 Å².